The maximum Gasteiger partial charge on any atom is 0.229 e. The fourth-order valence-electron chi connectivity index (χ4n) is 3.58. The van der Waals surface area contributed by atoms with E-state index in [1.165, 1.54) is 23.5 Å². The average Bonchev–Trinajstić information content (AvgIpc) is 3.28. The molecule has 0 atom stereocenters. The average molecular weight is 346 g/mol. The number of fused-ring (bicyclic) bond motifs is 1. The number of amides is 1. The minimum atomic E-state index is -0.322. The normalized spacial score (nSPS) is 25.6. The summed E-state index contributed by atoms with van der Waals surface area (Å²) in [5.41, 5.74) is 1.37. The molecule has 7 heteroatoms. The third kappa shape index (κ3) is 2.72. The number of hydrogen-bond acceptors (Lipinski definition) is 5. The predicted molar refractivity (Wildman–Crippen MR) is 91.0 cm³/mol. The Balaban J connectivity index is 1.41. The van der Waals surface area contributed by atoms with Gasteiger partial charge in [-0.15, -0.1) is 11.3 Å². The van der Waals surface area contributed by atoms with Gasteiger partial charge in [0.25, 0.3) is 0 Å². The van der Waals surface area contributed by atoms with E-state index in [-0.39, 0.29) is 17.1 Å². The summed E-state index contributed by atoms with van der Waals surface area (Å²) in [5, 5.41) is 12.5. The van der Waals surface area contributed by atoms with E-state index in [2.05, 4.69) is 20.9 Å². The van der Waals surface area contributed by atoms with Crippen LogP contribution in [0.25, 0.3) is 11.3 Å². The van der Waals surface area contributed by atoms with E-state index < -0.39 is 0 Å². The molecule has 1 aromatic heterocycles. The molecule has 2 saturated heterocycles. The Morgan fingerprint density at radius 1 is 1.29 bits per heavy atom. The van der Waals surface area contributed by atoms with Crippen molar-refractivity contribution in [3.05, 3.63) is 40.5 Å². The predicted octanol–water partition coefficient (Wildman–Crippen LogP) is 1.37. The summed E-state index contributed by atoms with van der Waals surface area (Å²) < 4.78 is 13.0. The molecule has 24 heavy (non-hydrogen) atoms. The smallest absolute Gasteiger partial charge is 0.229 e. The number of thiazole rings is 1. The number of halogens is 1. The summed E-state index contributed by atoms with van der Waals surface area (Å²) in [6, 6.07) is 6.28. The molecule has 2 aromatic rings. The van der Waals surface area contributed by atoms with Crippen LogP contribution < -0.4 is 16.0 Å². The Morgan fingerprint density at radius 3 is 2.71 bits per heavy atom. The molecule has 0 bridgehead atoms. The third-order valence-electron chi connectivity index (χ3n) is 4.99. The minimum absolute atomic E-state index is 0.0982. The van der Waals surface area contributed by atoms with Gasteiger partial charge in [-0.05, 0) is 24.3 Å². The second-order valence-corrected chi connectivity index (χ2v) is 7.37. The van der Waals surface area contributed by atoms with Crippen molar-refractivity contribution in [1.29, 1.82) is 0 Å². The van der Waals surface area contributed by atoms with Crippen LogP contribution in [0, 0.1) is 17.2 Å². The van der Waals surface area contributed by atoms with Gasteiger partial charge in [0.05, 0.1) is 17.7 Å². The maximum absolute atomic E-state index is 13.0. The van der Waals surface area contributed by atoms with E-state index in [0.29, 0.717) is 12.5 Å². The zero-order chi connectivity index (χ0) is 16.6. The number of nitrogens with zero attached hydrogens (tertiary/aromatic N) is 1. The number of aromatic nitrogens is 1. The molecule has 0 aliphatic carbocycles. The van der Waals surface area contributed by atoms with Crippen molar-refractivity contribution in [2.75, 3.05) is 26.2 Å². The maximum atomic E-state index is 13.0. The molecular weight excluding hydrogens is 327 g/mol. The molecule has 0 saturated carbocycles. The molecule has 1 amide bonds. The summed E-state index contributed by atoms with van der Waals surface area (Å²) in [5.74, 6) is 0.204. The lowest BCUT2D eigenvalue weighted by molar-refractivity contribution is -0.130. The van der Waals surface area contributed by atoms with Gasteiger partial charge in [0.1, 0.15) is 10.8 Å². The zero-order valence-corrected chi connectivity index (χ0v) is 14.0. The second kappa shape index (κ2) is 6.23. The van der Waals surface area contributed by atoms with Crippen LogP contribution in [0.1, 0.15) is 5.01 Å². The summed E-state index contributed by atoms with van der Waals surface area (Å²) in [4.78, 5) is 17.2. The van der Waals surface area contributed by atoms with E-state index in [0.717, 1.165) is 42.4 Å². The third-order valence-corrected chi connectivity index (χ3v) is 5.84. The molecule has 126 valence electrons. The number of carbonyl (C=O) groups excluding carboxylic acids is 1. The second-order valence-electron chi connectivity index (χ2n) is 6.43. The summed E-state index contributed by atoms with van der Waals surface area (Å²) in [6.07, 6.45) is 0. The highest BCUT2D eigenvalue weighted by Gasteiger charge is 2.51. The lowest BCUT2D eigenvalue weighted by atomic mass is 9.80. The summed E-state index contributed by atoms with van der Waals surface area (Å²) in [7, 11) is 0. The fraction of sp³-hybridized carbons (Fsp3) is 0.412. The van der Waals surface area contributed by atoms with Crippen molar-refractivity contribution in [3.8, 4) is 11.3 Å². The standard InChI is InChI=1S/C17H19FN4OS/c18-13-3-1-11(2-4-13)14-8-24-15(22-14)7-21-16(23)17-9-19-5-12(17)6-20-10-17/h1-4,8,12,19-20H,5-7,9-10H2,(H,21,23). The van der Waals surface area contributed by atoms with Gasteiger partial charge in [-0.2, -0.15) is 0 Å². The Labute approximate surface area is 143 Å². The molecule has 0 spiro atoms. The molecule has 0 unspecified atom stereocenters. The first-order valence-corrected chi connectivity index (χ1v) is 8.95. The summed E-state index contributed by atoms with van der Waals surface area (Å²) in [6.45, 7) is 3.68. The first kappa shape index (κ1) is 15.7. The highest BCUT2D eigenvalue weighted by atomic mass is 32.1. The Morgan fingerprint density at radius 2 is 2.00 bits per heavy atom. The van der Waals surface area contributed by atoms with Gasteiger partial charge in [-0.3, -0.25) is 4.79 Å². The number of nitrogens with one attached hydrogen (secondary N) is 3. The first-order valence-electron chi connectivity index (χ1n) is 8.07. The van der Waals surface area contributed by atoms with Gasteiger partial charge in [-0.25, -0.2) is 9.37 Å². The van der Waals surface area contributed by atoms with Gasteiger partial charge in [0, 0.05) is 43.0 Å². The molecule has 3 N–H and O–H groups in total. The van der Waals surface area contributed by atoms with Gasteiger partial charge in [-0.1, -0.05) is 0 Å². The van der Waals surface area contributed by atoms with E-state index >= 15 is 0 Å². The lowest BCUT2D eigenvalue weighted by Gasteiger charge is -2.25. The molecule has 5 nitrogen and oxygen atoms in total. The highest BCUT2D eigenvalue weighted by molar-refractivity contribution is 7.09. The SMILES string of the molecule is O=C(NCc1nc(-c2ccc(F)cc2)cs1)C12CNCC1CNC2. The van der Waals surface area contributed by atoms with E-state index in [1.807, 2.05) is 5.38 Å². The van der Waals surface area contributed by atoms with E-state index in [4.69, 9.17) is 0 Å². The van der Waals surface area contributed by atoms with Crippen LogP contribution in [-0.2, 0) is 11.3 Å². The van der Waals surface area contributed by atoms with E-state index in [1.54, 1.807) is 12.1 Å². The van der Waals surface area contributed by atoms with Crippen LogP contribution in [0.4, 0.5) is 4.39 Å². The van der Waals surface area contributed by atoms with Crippen LogP contribution in [0.15, 0.2) is 29.6 Å². The number of hydrogen-bond donors (Lipinski definition) is 3. The van der Waals surface area contributed by atoms with Crippen LogP contribution >= 0.6 is 11.3 Å². The van der Waals surface area contributed by atoms with Crippen molar-refractivity contribution in [3.63, 3.8) is 0 Å². The monoisotopic (exact) mass is 346 g/mol. The zero-order valence-electron chi connectivity index (χ0n) is 13.1. The molecule has 3 heterocycles. The molecule has 2 aliphatic rings. The van der Waals surface area contributed by atoms with Crippen LogP contribution in [-0.4, -0.2) is 37.1 Å². The Kier molecular flexibility index (Phi) is 4.07. The molecule has 1 aromatic carbocycles. The molecule has 0 radical (unpaired) electrons. The van der Waals surface area contributed by atoms with Crippen molar-refractivity contribution >= 4 is 17.2 Å². The quantitative estimate of drug-likeness (QED) is 0.782. The van der Waals surface area contributed by atoms with Gasteiger partial charge in [0.2, 0.25) is 5.91 Å². The topological polar surface area (TPSA) is 66.0 Å². The van der Waals surface area contributed by atoms with Crippen molar-refractivity contribution in [2.45, 2.75) is 6.54 Å². The van der Waals surface area contributed by atoms with Crippen molar-refractivity contribution < 1.29 is 9.18 Å². The lowest BCUT2D eigenvalue weighted by Crippen LogP contribution is -2.46. The van der Waals surface area contributed by atoms with Crippen molar-refractivity contribution in [1.82, 2.24) is 20.9 Å². The Bertz CT molecular complexity index is 735. The molecular formula is C17H19FN4OS. The van der Waals surface area contributed by atoms with E-state index in [9.17, 15) is 9.18 Å². The van der Waals surface area contributed by atoms with Crippen LogP contribution in [0.2, 0.25) is 0 Å². The molecule has 2 fully saturated rings. The van der Waals surface area contributed by atoms with Crippen LogP contribution in [0.3, 0.4) is 0 Å². The minimum Gasteiger partial charge on any atom is -0.349 e. The largest absolute Gasteiger partial charge is 0.349 e. The summed E-state index contributed by atoms with van der Waals surface area (Å²) >= 11 is 1.51. The Hall–Kier alpha value is -1.83. The number of carbonyl (C=O) groups is 1. The fourth-order valence-corrected chi connectivity index (χ4v) is 4.32. The van der Waals surface area contributed by atoms with Gasteiger partial charge < -0.3 is 16.0 Å². The van der Waals surface area contributed by atoms with Gasteiger partial charge >= 0.3 is 0 Å². The highest BCUT2D eigenvalue weighted by Crippen LogP contribution is 2.35. The molecule has 2 aliphatic heterocycles. The first-order chi connectivity index (χ1) is 11.7. The number of benzene rings is 1. The molecule has 4 rings (SSSR count). The van der Waals surface area contributed by atoms with Crippen LogP contribution in [0.5, 0.6) is 0 Å². The van der Waals surface area contributed by atoms with Crippen molar-refractivity contribution in [2.24, 2.45) is 11.3 Å². The van der Waals surface area contributed by atoms with Gasteiger partial charge in [0.15, 0.2) is 0 Å². The number of rotatable bonds is 4.